The third-order valence-electron chi connectivity index (χ3n) is 9.28. The summed E-state index contributed by atoms with van der Waals surface area (Å²) in [6, 6.07) is 8.63. The molecule has 4 rings (SSSR count). The monoisotopic (exact) mass is 508 g/mol. The Kier molecular flexibility index (Phi) is 9.94. The second kappa shape index (κ2) is 12.9. The lowest BCUT2D eigenvalue weighted by Crippen LogP contribution is -2.29. The van der Waals surface area contributed by atoms with E-state index in [0.717, 1.165) is 37.7 Å². The summed E-state index contributed by atoms with van der Waals surface area (Å²) < 4.78 is 57.6. The molecule has 1 aromatic rings. The predicted octanol–water partition coefficient (Wildman–Crippen LogP) is 10.2. The summed E-state index contributed by atoms with van der Waals surface area (Å²) in [5, 5.41) is 0. The van der Waals surface area contributed by atoms with Gasteiger partial charge in [0.25, 0.3) is 0 Å². The van der Waals surface area contributed by atoms with E-state index >= 15 is 0 Å². The van der Waals surface area contributed by atoms with Gasteiger partial charge in [-0.3, -0.25) is 0 Å². The van der Waals surface area contributed by atoms with Crippen molar-refractivity contribution in [2.24, 2.45) is 23.7 Å². The second-order valence-corrected chi connectivity index (χ2v) is 11.7. The van der Waals surface area contributed by atoms with Crippen molar-refractivity contribution < 1.29 is 22.3 Å². The van der Waals surface area contributed by atoms with E-state index in [0.29, 0.717) is 24.7 Å². The molecule has 2 unspecified atom stereocenters. The molecule has 1 aromatic carbocycles. The van der Waals surface area contributed by atoms with E-state index < -0.39 is 17.9 Å². The maximum Gasteiger partial charge on any atom is 0.412 e. The zero-order valence-electron chi connectivity index (χ0n) is 21.9. The number of hydrogen-bond acceptors (Lipinski definition) is 1. The van der Waals surface area contributed by atoms with Gasteiger partial charge >= 0.3 is 6.18 Å². The second-order valence-electron chi connectivity index (χ2n) is 11.7. The first-order valence-electron chi connectivity index (χ1n) is 14.5. The van der Waals surface area contributed by atoms with Gasteiger partial charge in [-0.05, 0) is 86.2 Å². The number of hydrogen-bond donors (Lipinski definition) is 0. The maximum absolute atomic E-state index is 13.9. The molecule has 1 heterocycles. The van der Waals surface area contributed by atoms with E-state index in [1.165, 1.54) is 68.9 Å². The Hall–Kier alpha value is -1.36. The van der Waals surface area contributed by atoms with Gasteiger partial charge in [0.1, 0.15) is 5.83 Å². The fraction of sp³-hybridized carbons (Fsp3) is 0.742. The van der Waals surface area contributed by atoms with Crippen molar-refractivity contribution in [2.75, 3.05) is 6.61 Å². The lowest BCUT2D eigenvalue weighted by atomic mass is 9.72. The topological polar surface area (TPSA) is 9.23 Å². The third kappa shape index (κ3) is 7.82. The first kappa shape index (κ1) is 27.7. The summed E-state index contributed by atoms with van der Waals surface area (Å²) in [5.74, 6) is 1.18. The Bertz CT molecular complexity index is 806. The van der Waals surface area contributed by atoms with Crippen molar-refractivity contribution in [2.45, 2.75) is 115 Å². The van der Waals surface area contributed by atoms with Gasteiger partial charge in [-0.25, -0.2) is 4.39 Å². The molecule has 202 valence electrons. The fourth-order valence-electron chi connectivity index (χ4n) is 7.00. The van der Waals surface area contributed by atoms with Crippen LogP contribution < -0.4 is 0 Å². The molecule has 1 aliphatic heterocycles. The molecule has 1 saturated heterocycles. The van der Waals surface area contributed by atoms with Gasteiger partial charge < -0.3 is 4.74 Å². The summed E-state index contributed by atoms with van der Waals surface area (Å²) >= 11 is 0. The molecule has 3 aliphatic rings. The Balaban J connectivity index is 1.20. The summed E-state index contributed by atoms with van der Waals surface area (Å²) in [6.45, 7) is 3.15. The highest BCUT2D eigenvalue weighted by molar-refractivity contribution is 5.27. The van der Waals surface area contributed by atoms with E-state index in [1.54, 1.807) is 0 Å². The number of rotatable bonds is 8. The van der Waals surface area contributed by atoms with E-state index in [9.17, 15) is 17.6 Å². The summed E-state index contributed by atoms with van der Waals surface area (Å²) in [6.07, 6.45) is 11.2. The number of benzene rings is 1. The van der Waals surface area contributed by atoms with Gasteiger partial charge in [-0.1, -0.05) is 69.7 Å². The average Bonchev–Trinajstić information content (AvgIpc) is 2.89. The summed E-state index contributed by atoms with van der Waals surface area (Å²) in [7, 11) is 0. The van der Waals surface area contributed by atoms with E-state index in [2.05, 4.69) is 31.2 Å². The Morgan fingerprint density at radius 2 is 1.47 bits per heavy atom. The molecule has 36 heavy (non-hydrogen) atoms. The van der Waals surface area contributed by atoms with Crippen molar-refractivity contribution >= 4 is 0 Å². The minimum absolute atomic E-state index is 0.165. The molecule has 2 saturated carbocycles. The minimum Gasteiger partial charge on any atom is -0.373 e. The fourth-order valence-corrected chi connectivity index (χ4v) is 7.00. The Morgan fingerprint density at radius 1 is 0.833 bits per heavy atom. The normalized spacial score (nSPS) is 32.4. The van der Waals surface area contributed by atoms with Gasteiger partial charge in [0.05, 0.1) is 18.8 Å². The smallest absolute Gasteiger partial charge is 0.373 e. The summed E-state index contributed by atoms with van der Waals surface area (Å²) in [4.78, 5) is 0. The molecule has 3 fully saturated rings. The van der Waals surface area contributed by atoms with Crippen LogP contribution in [0.25, 0.3) is 0 Å². The van der Waals surface area contributed by atoms with Crippen LogP contribution in [0.5, 0.6) is 0 Å². The number of ether oxygens (including phenoxy) is 1. The molecule has 0 amide bonds. The zero-order valence-corrected chi connectivity index (χ0v) is 21.9. The molecule has 1 nitrogen and oxygen atoms in total. The van der Waals surface area contributed by atoms with Crippen LogP contribution in [0.2, 0.25) is 0 Å². The molecule has 2 aliphatic carbocycles. The van der Waals surface area contributed by atoms with E-state index in [-0.39, 0.29) is 12.2 Å². The van der Waals surface area contributed by atoms with Crippen molar-refractivity contribution in [3.05, 3.63) is 47.3 Å². The molecular formula is C31H44F4O. The van der Waals surface area contributed by atoms with Crippen LogP contribution in [0.4, 0.5) is 17.6 Å². The number of alkyl halides is 3. The highest BCUT2D eigenvalue weighted by Crippen LogP contribution is 2.43. The molecule has 5 heteroatoms. The molecule has 0 radical (unpaired) electrons. The van der Waals surface area contributed by atoms with Gasteiger partial charge in [-0.15, -0.1) is 0 Å². The first-order chi connectivity index (χ1) is 17.3. The molecule has 2 atom stereocenters. The predicted molar refractivity (Wildman–Crippen MR) is 137 cm³/mol. The average molecular weight is 509 g/mol. The van der Waals surface area contributed by atoms with Crippen LogP contribution in [0.15, 0.2) is 36.2 Å². The van der Waals surface area contributed by atoms with Gasteiger partial charge in [0, 0.05) is 5.92 Å². The van der Waals surface area contributed by atoms with Crippen molar-refractivity contribution in [1.82, 2.24) is 0 Å². The largest absolute Gasteiger partial charge is 0.412 e. The maximum atomic E-state index is 13.9. The molecular weight excluding hydrogens is 464 g/mol. The van der Waals surface area contributed by atoms with Crippen LogP contribution in [0.1, 0.15) is 120 Å². The molecule has 0 N–H and O–H groups in total. The Labute approximate surface area is 215 Å². The minimum atomic E-state index is -4.58. The standard InChI is InChI=1S/C31H44F4O/c1-2-3-4-5-22-6-8-25(9-7-22)28-18-19-30(36-21-28)27-16-12-24(13-17-27)23-10-14-26(15-11-23)29(32)20-31(33,34)35/h12-13,16-17,20,22-23,25-26,28,30H,2-11,14-15,18-19,21H2,1H3. The SMILES string of the molecule is CCCCCC1CCC(C2CCC(c3ccc(C4CCC(C(F)=CC(F)(F)F)CC4)cc3)OC2)CC1. The molecule has 0 spiro atoms. The zero-order chi connectivity index (χ0) is 25.5. The number of halogens is 4. The van der Waals surface area contributed by atoms with Crippen molar-refractivity contribution in [3.8, 4) is 0 Å². The van der Waals surface area contributed by atoms with Gasteiger partial charge in [0.15, 0.2) is 0 Å². The van der Waals surface area contributed by atoms with Crippen LogP contribution in [-0.2, 0) is 4.74 Å². The quantitative estimate of drug-likeness (QED) is 0.251. The van der Waals surface area contributed by atoms with Crippen LogP contribution in [0, 0.1) is 23.7 Å². The van der Waals surface area contributed by atoms with E-state index in [4.69, 9.17) is 4.74 Å². The van der Waals surface area contributed by atoms with Crippen LogP contribution >= 0.6 is 0 Å². The summed E-state index contributed by atoms with van der Waals surface area (Å²) in [5.41, 5.74) is 2.44. The lowest BCUT2D eigenvalue weighted by Gasteiger charge is -2.38. The highest BCUT2D eigenvalue weighted by atomic mass is 19.4. The van der Waals surface area contributed by atoms with Gasteiger partial charge in [-0.2, -0.15) is 13.2 Å². The highest BCUT2D eigenvalue weighted by Gasteiger charge is 2.33. The number of allylic oxidation sites excluding steroid dienone is 2. The van der Waals surface area contributed by atoms with Crippen molar-refractivity contribution in [1.29, 1.82) is 0 Å². The van der Waals surface area contributed by atoms with Crippen LogP contribution in [0.3, 0.4) is 0 Å². The lowest BCUT2D eigenvalue weighted by molar-refractivity contribution is -0.0820. The van der Waals surface area contributed by atoms with Gasteiger partial charge in [0.2, 0.25) is 0 Å². The number of unbranched alkanes of at least 4 members (excludes halogenated alkanes) is 2. The first-order valence-corrected chi connectivity index (χ1v) is 14.5. The van der Waals surface area contributed by atoms with Crippen molar-refractivity contribution in [3.63, 3.8) is 0 Å². The van der Waals surface area contributed by atoms with Crippen LogP contribution in [-0.4, -0.2) is 12.8 Å². The molecule has 0 bridgehead atoms. The molecule has 0 aromatic heterocycles. The third-order valence-corrected chi connectivity index (χ3v) is 9.28. The Morgan fingerprint density at radius 3 is 2.06 bits per heavy atom. The van der Waals surface area contributed by atoms with E-state index in [1.807, 2.05) is 0 Å².